The summed E-state index contributed by atoms with van der Waals surface area (Å²) >= 11 is 0. The average molecular weight is 230 g/mol. The number of hydrogen-bond donors (Lipinski definition) is 1. The zero-order valence-corrected chi connectivity index (χ0v) is 9.97. The van der Waals surface area contributed by atoms with Crippen molar-refractivity contribution in [2.75, 3.05) is 18.0 Å². The highest BCUT2D eigenvalue weighted by molar-refractivity contribution is 6.01. The number of aliphatic imine (C=N–C) groups is 1. The lowest BCUT2D eigenvalue weighted by Crippen LogP contribution is -2.32. The van der Waals surface area contributed by atoms with Crippen molar-refractivity contribution in [1.82, 2.24) is 0 Å². The van der Waals surface area contributed by atoms with Crippen LogP contribution in [0.25, 0.3) is 0 Å². The van der Waals surface area contributed by atoms with Gasteiger partial charge in [-0.2, -0.15) is 0 Å². The molecule has 0 aromatic heterocycles. The molecular weight excluding hydrogens is 212 g/mol. The zero-order chi connectivity index (χ0) is 11.7. The summed E-state index contributed by atoms with van der Waals surface area (Å²) < 4.78 is 0. The standard InChI is InChI=1S/C14H18N2O/c17-13-7-3-6-12(10-13)16-9-8-15-14(16)11-4-1-2-5-11/h3,6-7,10-11,17H,1-2,4-5,8-9H2. The molecule has 1 aliphatic carbocycles. The van der Waals surface area contributed by atoms with Crippen LogP contribution < -0.4 is 4.90 Å². The van der Waals surface area contributed by atoms with E-state index in [1.807, 2.05) is 12.1 Å². The summed E-state index contributed by atoms with van der Waals surface area (Å²) in [6.07, 6.45) is 5.21. The number of benzene rings is 1. The fraction of sp³-hybridized carbons (Fsp3) is 0.500. The highest BCUT2D eigenvalue weighted by Gasteiger charge is 2.28. The van der Waals surface area contributed by atoms with Crippen molar-refractivity contribution in [2.24, 2.45) is 10.9 Å². The molecule has 1 heterocycles. The maximum atomic E-state index is 9.56. The van der Waals surface area contributed by atoms with Gasteiger partial charge >= 0.3 is 0 Å². The molecule has 1 aromatic rings. The van der Waals surface area contributed by atoms with Crippen molar-refractivity contribution in [1.29, 1.82) is 0 Å². The van der Waals surface area contributed by atoms with Crippen molar-refractivity contribution in [2.45, 2.75) is 25.7 Å². The van der Waals surface area contributed by atoms with Crippen LogP contribution in [0.15, 0.2) is 29.3 Å². The Kier molecular flexibility index (Phi) is 2.75. The molecule has 1 saturated carbocycles. The number of phenols is 1. The molecule has 0 amide bonds. The van der Waals surface area contributed by atoms with Crippen LogP contribution >= 0.6 is 0 Å². The van der Waals surface area contributed by atoms with E-state index in [1.165, 1.54) is 31.5 Å². The van der Waals surface area contributed by atoms with Crippen molar-refractivity contribution < 1.29 is 5.11 Å². The van der Waals surface area contributed by atoms with Crippen LogP contribution in [-0.2, 0) is 0 Å². The summed E-state index contributed by atoms with van der Waals surface area (Å²) in [5, 5.41) is 9.56. The first-order chi connectivity index (χ1) is 8.34. The van der Waals surface area contributed by atoms with E-state index in [-0.39, 0.29) is 0 Å². The summed E-state index contributed by atoms with van der Waals surface area (Å²) in [6, 6.07) is 7.49. The maximum absolute atomic E-state index is 9.56. The molecule has 0 unspecified atom stereocenters. The molecule has 2 aliphatic rings. The molecule has 0 bridgehead atoms. The molecule has 1 aliphatic heterocycles. The molecule has 17 heavy (non-hydrogen) atoms. The van der Waals surface area contributed by atoms with E-state index >= 15 is 0 Å². The largest absolute Gasteiger partial charge is 0.508 e. The molecule has 3 nitrogen and oxygen atoms in total. The Bertz CT molecular complexity index is 436. The second kappa shape index (κ2) is 4.40. The van der Waals surface area contributed by atoms with Gasteiger partial charge in [-0.1, -0.05) is 18.9 Å². The molecular formula is C14H18N2O. The lowest BCUT2D eigenvalue weighted by molar-refractivity contribution is 0.475. The van der Waals surface area contributed by atoms with Crippen molar-refractivity contribution in [3.05, 3.63) is 24.3 Å². The van der Waals surface area contributed by atoms with Crippen LogP contribution in [0.4, 0.5) is 5.69 Å². The van der Waals surface area contributed by atoms with E-state index in [0.717, 1.165) is 18.8 Å². The Balaban J connectivity index is 1.85. The third kappa shape index (κ3) is 2.02. The van der Waals surface area contributed by atoms with Crippen LogP contribution in [0.3, 0.4) is 0 Å². The van der Waals surface area contributed by atoms with Crippen LogP contribution in [0.1, 0.15) is 25.7 Å². The fourth-order valence-electron chi connectivity index (χ4n) is 2.92. The quantitative estimate of drug-likeness (QED) is 0.848. The predicted octanol–water partition coefficient (Wildman–Crippen LogP) is 2.80. The summed E-state index contributed by atoms with van der Waals surface area (Å²) in [7, 11) is 0. The Morgan fingerprint density at radius 3 is 2.82 bits per heavy atom. The Morgan fingerprint density at radius 2 is 2.06 bits per heavy atom. The first-order valence-electron chi connectivity index (χ1n) is 6.45. The van der Waals surface area contributed by atoms with Gasteiger partial charge in [0.15, 0.2) is 0 Å². The van der Waals surface area contributed by atoms with Gasteiger partial charge in [-0.15, -0.1) is 0 Å². The van der Waals surface area contributed by atoms with Gasteiger partial charge in [-0.25, -0.2) is 0 Å². The van der Waals surface area contributed by atoms with E-state index in [1.54, 1.807) is 6.07 Å². The Labute approximate surface area is 102 Å². The van der Waals surface area contributed by atoms with Gasteiger partial charge in [0.05, 0.1) is 6.54 Å². The minimum atomic E-state index is 0.333. The molecule has 1 aromatic carbocycles. The topological polar surface area (TPSA) is 35.8 Å². The third-order valence-corrected chi connectivity index (χ3v) is 3.74. The number of phenolic OH excluding ortho intramolecular Hbond substituents is 1. The lowest BCUT2D eigenvalue weighted by Gasteiger charge is -2.24. The predicted molar refractivity (Wildman–Crippen MR) is 69.7 cm³/mol. The molecule has 3 heteroatoms. The number of amidine groups is 1. The number of anilines is 1. The maximum Gasteiger partial charge on any atom is 0.117 e. The molecule has 1 N–H and O–H groups in total. The highest BCUT2D eigenvalue weighted by Crippen LogP contribution is 2.32. The highest BCUT2D eigenvalue weighted by atomic mass is 16.3. The van der Waals surface area contributed by atoms with E-state index in [9.17, 15) is 5.11 Å². The third-order valence-electron chi connectivity index (χ3n) is 3.74. The minimum Gasteiger partial charge on any atom is -0.508 e. The number of aromatic hydroxyl groups is 1. The fourth-order valence-corrected chi connectivity index (χ4v) is 2.92. The molecule has 90 valence electrons. The van der Waals surface area contributed by atoms with Gasteiger partial charge in [-0.05, 0) is 25.0 Å². The first kappa shape index (κ1) is 10.6. The van der Waals surface area contributed by atoms with Gasteiger partial charge in [0.2, 0.25) is 0 Å². The van der Waals surface area contributed by atoms with E-state index in [0.29, 0.717) is 11.7 Å². The zero-order valence-electron chi connectivity index (χ0n) is 9.97. The van der Waals surface area contributed by atoms with Gasteiger partial charge in [0.1, 0.15) is 11.6 Å². The van der Waals surface area contributed by atoms with Gasteiger partial charge in [0, 0.05) is 24.2 Å². The Hall–Kier alpha value is -1.51. The number of rotatable bonds is 2. The van der Waals surface area contributed by atoms with Crippen LogP contribution in [-0.4, -0.2) is 24.0 Å². The smallest absolute Gasteiger partial charge is 0.117 e. The molecule has 0 radical (unpaired) electrons. The van der Waals surface area contributed by atoms with Gasteiger partial charge < -0.3 is 10.0 Å². The van der Waals surface area contributed by atoms with Crippen molar-refractivity contribution in [3.63, 3.8) is 0 Å². The molecule has 3 rings (SSSR count). The van der Waals surface area contributed by atoms with E-state index in [4.69, 9.17) is 0 Å². The van der Waals surface area contributed by atoms with Crippen LogP contribution in [0, 0.1) is 5.92 Å². The summed E-state index contributed by atoms with van der Waals surface area (Å²) in [5.74, 6) is 2.22. The summed E-state index contributed by atoms with van der Waals surface area (Å²) in [5.41, 5.74) is 1.08. The van der Waals surface area contributed by atoms with E-state index < -0.39 is 0 Å². The SMILES string of the molecule is Oc1cccc(N2CCN=C2C2CCCC2)c1. The second-order valence-electron chi connectivity index (χ2n) is 4.89. The molecule has 1 fully saturated rings. The molecule has 0 saturated heterocycles. The summed E-state index contributed by atoms with van der Waals surface area (Å²) in [4.78, 5) is 6.94. The number of nitrogens with zero attached hydrogens (tertiary/aromatic N) is 2. The average Bonchev–Trinajstić information content (AvgIpc) is 3.00. The first-order valence-corrected chi connectivity index (χ1v) is 6.45. The summed E-state index contributed by atoms with van der Waals surface area (Å²) in [6.45, 7) is 1.84. The Morgan fingerprint density at radius 1 is 1.24 bits per heavy atom. The van der Waals surface area contributed by atoms with Gasteiger partial charge in [-0.3, -0.25) is 4.99 Å². The van der Waals surface area contributed by atoms with Crippen LogP contribution in [0.5, 0.6) is 5.75 Å². The van der Waals surface area contributed by atoms with Gasteiger partial charge in [0.25, 0.3) is 0 Å². The van der Waals surface area contributed by atoms with Crippen molar-refractivity contribution >= 4 is 11.5 Å². The van der Waals surface area contributed by atoms with E-state index in [2.05, 4.69) is 16.0 Å². The molecule has 0 atom stereocenters. The lowest BCUT2D eigenvalue weighted by atomic mass is 10.1. The monoisotopic (exact) mass is 230 g/mol. The van der Waals surface area contributed by atoms with Crippen LogP contribution in [0.2, 0.25) is 0 Å². The number of hydrogen-bond acceptors (Lipinski definition) is 3. The van der Waals surface area contributed by atoms with Crippen molar-refractivity contribution in [3.8, 4) is 5.75 Å². The second-order valence-corrected chi connectivity index (χ2v) is 4.89. The minimum absolute atomic E-state index is 0.333. The molecule has 0 spiro atoms. The normalized spacial score (nSPS) is 20.9.